The first kappa shape index (κ1) is 29.8. The van der Waals surface area contributed by atoms with Crippen molar-refractivity contribution in [3.8, 4) is 0 Å². The van der Waals surface area contributed by atoms with E-state index in [4.69, 9.17) is 0 Å². The van der Waals surface area contributed by atoms with Crippen molar-refractivity contribution in [1.82, 2.24) is 0 Å². The first-order chi connectivity index (χ1) is 16.9. The molecule has 0 aromatic rings. The van der Waals surface area contributed by atoms with Crippen LogP contribution in [0.25, 0.3) is 0 Å². The molecule has 0 aliphatic heterocycles. The number of aliphatic hydroxyl groups excluding tert-OH is 2. The van der Waals surface area contributed by atoms with Gasteiger partial charge in [-0.15, -0.1) is 0 Å². The largest absolute Gasteiger partial charge is 0.390 e. The topological polar surface area (TPSA) is 40.5 Å². The molecular formula is C33H54O2. The summed E-state index contributed by atoms with van der Waals surface area (Å²) in [5, 5.41) is 20.4. The van der Waals surface area contributed by atoms with Crippen molar-refractivity contribution in [2.75, 3.05) is 0 Å². The highest BCUT2D eigenvalue weighted by Gasteiger charge is 2.40. The fourth-order valence-electron chi connectivity index (χ4n) is 5.68. The standard InChI is InChI=1S/C33H54O2/c1-5-6-7-8-9-11-14-17-26(2)18-15-12-10-13-16-19-27(3)20-21-29-25-30-22-23-32(34)33(35)31(30)24-28(29)4/h6-7,11,13-16,18,24,26-27,29-35H,5,8-10,12,17,19-23,25H2,1-4H3/b7-6?,14-11+,16-13+,18-15+. The van der Waals surface area contributed by atoms with E-state index in [2.05, 4.69) is 82.4 Å². The van der Waals surface area contributed by atoms with E-state index in [-0.39, 0.29) is 5.92 Å². The van der Waals surface area contributed by atoms with Gasteiger partial charge in [-0.05, 0) is 108 Å². The van der Waals surface area contributed by atoms with Gasteiger partial charge in [0.1, 0.15) is 0 Å². The normalized spacial score (nSPS) is 29.3. The van der Waals surface area contributed by atoms with Gasteiger partial charge in [0.2, 0.25) is 0 Å². The Morgan fingerprint density at radius 3 is 2.26 bits per heavy atom. The van der Waals surface area contributed by atoms with Gasteiger partial charge in [0.15, 0.2) is 0 Å². The Morgan fingerprint density at radius 1 is 0.886 bits per heavy atom. The molecule has 2 aliphatic carbocycles. The van der Waals surface area contributed by atoms with E-state index in [1.54, 1.807) is 0 Å². The van der Waals surface area contributed by atoms with Crippen molar-refractivity contribution in [1.29, 1.82) is 0 Å². The van der Waals surface area contributed by atoms with Crippen LogP contribution in [0.4, 0.5) is 0 Å². The van der Waals surface area contributed by atoms with Crippen LogP contribution in [0.15, 0.2) is 60.3 Å². The number of allylic oxidation sites excluding steroid dienone is 9. The van der Waals surface area contributed by atoms with Crippen LogP contribution in [0.3, 0.4) is 0 Å². The Balaban J connectivity index is 1.56. The zero-order valence-electron chi connectivity index (χ0n) is 23.1. The van der Waals surface area contributed by atoms with Gasteiger partial charge in [-0.2, -0.15) is 0 Å². The summed E-state index contributed by atoms with van der Waals surface area (Å²) >= 11 is 0. The van der Waals surface area contributed by atoms with Crippen molar-refractivity contribution in [2.24, 2.45) is 29.6 Å². The van der Waals surface area contributed by atoms with Gasteiger partial charge in [-0.25, -0.2) is 0 Å². The second-order valence-corrected chi connectivity index (χ2v) is 11.4. The highest BCUT2D eigenvalue weighted by Crippen LogP contribution is 2.43. The molecule has 0 spiro atoms. The quantitative estimate of drug-likeness (QED) is 0.181. The first-order valence-electron chi connectivity index (χ1n) is 14.6. The zero-order chi connectivity index (χ0) is 25.5. The van der Waals surface area contributed by atoms with E-state index < -0.39 is 12.2 Å². The number of hydrogen-bond donors (Lipinski definition) is 2. The van der Waals surface area contributed by atoms with E-state index in [1.807, 2.05) is 0 Å². The summed E-state index contributed by atoms with van der Waals surface area (Å²) in [6.07, 6.45) is 33.4. The molecule has 7 atom stereocenters. The Kier molecular flexibility index (Phi) is 14.6. The maximum atomic E-state index is 10.4. The van der Waals surface area contributed by atoms with Crippen LogP contribution in [-0.4, -0.2) is 22.4 Å². The molecule has 198 valence electrons. The van der Waals surface area contributed by atoms with Crippen molar-refractivity contribution in [2.45, 2.75) is 117 Å². The van der Waals surface area contributed by atoms with E-state index in [9.17, 15) is 10.2 Å². The van der Waals surface area contributed by atoms with Gasteiger partial charge in [0.05, 0.1) is 12.2 Å². The minimum atomic E-state index is -0.563. The lowest BCUT2D eigenvalue weighted by Crippen LogP contribution is -2.43. The minimum absolute atomic E-state index is 0.168. The average Bonchev–Trinajstić information content (AvgIpc) is 2.84. The minimum Gasteiger partial charge on any atom is -0.390 e. The lowest BCUT2D eigenvalue weighted by Gasteiger charge is -2.42. The van der Waals surface area contributed by atoms with E-state index in [0.29, 0.717) is 17.8 Å². The van der Waals surface area contributed by atoms with Crippen LogP contribution in [-0.2, 0) is 0 Å². The molecule has 0 heterocycles. The number of fused-ring (bicyclic) bond motifs is 1. The van der Waals surface area contributed by atoms with Crippen LogP contribution in [0.1, 0.15) is 105 Å². The summed E-state index contributed by atoms with van der Waals surface area (Å²) in [7, 11) is 0. The smallest absolute Gasteiger partial charge is 0.0864 e. The molecule has 2 N–H and O–H groups in total. The SMILES string of the molecule is CCC=CCC/C=C/CC(C)/C=C/CC/C=C/CC(C)CCC1CC2CCC(O)C(O)C2C=C1C. The first-order valence-corrected chi connectivity index (χ1v) is 14.6. The Morgan fingerprint density at radius 2 is 1.54 bits per heavy atom. The third-order valence-electron chi connectivity index (χ3n) is 8.11. The Hall–Kier alpha value is -1.38. The molecule has 2 nitrogen and oxygen atoms in total. The molecule has 2 rings (SSSR count). The summed E-state index contributed by atoms with van der Waals surface area (Å²) in [5.74, 6) is 2.72. The monoisotopic (exact) mass is 482 g/mol. The molecule has 1 saturated carbocycles. The van der Waals surface area contributed by atoms with E-state index in [0.717, 1.165) is 57.3 Å². The average molecular weight is 483 g/mol. The summed E-state index contributed by atoms with van der Waals surface area (Å²) in [5.41, 5.74) is 1.43. The van der Waals surface area contributed by atoms with Gasteiger partial charge in [-0.1, -0.05) is 81.0 Å². The lowest BCUT2D eigenvalue weighted by molar-refractivity contribution is -0.0586. The molecule has 0 amide bonds. The van der Waals surface area contributed by atoms with E-state index >= 15 is 0 Å². The van der Waals surface area contributed by atoms with Gasteiger partial charge in [0.25, 0.3) is 0 Å². The molecule has 35 heavy (non-hydrogen) atoms. The molecule has 0 saturated heterocycles. The third-order valence-corrected chi connectivity index (χ3v) is 8.11. The van der Waals surface area contributed by atoms with Crippen LogP contribution in [0, 0.1) is 29.6 Å². The molecule has 2 heteroatoms. The highest BCUT2D eigenvalue weighted by molar-refractivity contribution is 5.15. The number of aliphatic hydroxyl groups is 2. The second-order valence-electron chi connectivity index (χ2n) is 11.4. The number of hydrogen-bond acceptors (Lipinski definition) is 2. The van der Waals surface area contributed by atoms with Crippen molar-refractivity contribution in [3.63, 3.8) is 0 Å². The number of rotatable bonds is 15. The summed E-state index contributed by atoms with van der Waals surface area (Å²) < 4.78 is 0. The van der Waals surface area contributed by atoms with Gasteiger partial charge in [-0.3, -0.25) is 0 Å². The van der Waals surface area contributed by atoms with Gasteiger partial charge < -0.3 is 10.2 Å². The third kappa shape index (κ3) is 11.5. The Bertz CT molecular complexity index is 713. The summed E-state index contributed by atoms with van der Waals surface area (Å²) in [4.78, 5) is 0. The molecule has 7 unspecified atom stereocenters. The van der Waals surface area contributed by atoms with Crippen LogP contribution in [0.5, 0.6) is 0 Å². The zero-order valence-corrected chi connectivity index (χ0v) is 23.1. The second kappa shape index (κ2) is 17.1. The van der Waals surface area contributed by atoms with Crippen molar-refractivity contribution < 1.29 is 10.2 Å². The van der Waals surface area contributed by atoms with Gasteiger partial charge in [0, 0.05) is 5.92 Å². The number of unbranched alkanes of at least 4 members (excludes halogenated alkanes) is 2. The molecule has 0 bridgehead atoms. The van der Waals surface area contributed by atoms with Gasteiger partial charge >= 0.3 is 0 Å². The molecular weight excluding hydrogens is 428 g/mol. The summed E-state index contributed by atoms with van der Waals surface area (Å²) in [6.45, 7) is 9.10. The maximum absolute atomic E-state index is 10.4. The maximum Gasteiger partial charge on any atom is 0.0864 e. The molecule has 0 radical (unpaired) electrons. The van der Waals surface area contributed by atoms with Crippen LogP contribution >= 0.6 is 0 Å². The molecule has 0 aromatic carbocycles. The summed E-state index contributed by atoms with van der Waals surface area (Å²) in [6, 6.07) is 0. The van der Waals surface area contributed by atoms with E-state index in [1.165, 1.54) is 31.3 Å². The van der Waals surface area contributed by atoms with Crippen molar-refractivity contribution in [3.05, 3.63) is 60.3 Å². The molecule has 1 fully saturated rings. The van der Waals surface area contributed by atoms with Crippen LogP contribution in [0.2, 0.25) is 0 Å². The van der Waals surface area contributed by atoms with Crippen LogP contribution < -0.4 is 0 Å². The predicted octanol–water partition coefficient (Wildman–Crippen LogP) is 8.73. The predicted molar refractivity (Wildman–Crippen MR) is 152 cm³/mol. The molecule has 2 aliphatic rings. The fourth-order valence-corrected chi connectivity index (χ4v) is 5.68. The fraction of sp³-hybridized carbons (Fsp3) is 0.697. The molecule has 0 aromatic heterocycles. The Labute approximate surface area is 217 Å². The van der Waals surface area contributed by atoms with Crippen molar-refractivity contribution >= 4 is 0 Å². The lowest BCUT2D eigenvalue weighted by atomic mass is 9.66. The highest BCUT2D eigenvalue weighted by atomic mass is 16.3.